The molecule has 6 heteroatoms. The molecule has 0 atom stereocenters. The van der Waals surface area contributed by atoms with E-state index in [2.05, 4.69) is 4.98 Å². The lowest BCUT2D eigenvalue weighted by Gasteiger charge is -2.10. The van der Waals surface area contributed by atoms with Crippen LogP contribution in [0.5, 0.6) is 0 Å². The largest absolute Gasteiger partial charge is 0.478 e. The van der Waals surface area contributed by atoms with Crippen molar-refractivity contribution >= 4 is 5.97 Å². The SMILES string of the molecule is O=C(O)c1cnc(C(F)(F)F)cc1-c1ccccc1. The Morgan fingerprint density at radius 1 is 1.16 bits per heavy atom. The third-order valence-electron chi connectivity index (χ3n) is 2.51. The number of nitrogens with zero attached hydrogens (tertiary/aromatic N) is 1. The number of benzene rings is 1. The van der Waals surface area contributed by atoms with Gasteiger partial charge in [-0.1, -0.05) is 30.3 Å². The van der Waals surface area contributed by atoms with Gasteiger partial charge >= 0.3 is 12.1 Å². The van der Waals surface area contributed by atoms with Gasteiger partial charge in [0.25, 0.3) is 0 Å². The van der Waals surface area contributed by atoms with E-state index in [1.807, 2.05) is 0 Å². The van der Waals surface area contributed by atoms with Crippen LogP contribution in [-0.4, -0.2) is 16.1 Å². The monoisotopic (exact) mass is 267 g/mol. The van der Waals surface area contributed by atoms with Crippen molar-refractivity contribution in [2.75, 3.05) is 0 Å². The molecule has 1 heterocycles. The fraction of sp³-hybridized carbons (Fsp3) is 0.0769. The van der Waals surface area contributed by atoms with E-state index >= 15 is 0 Å². The summed E-state index contributed by atoms with van der Waals surface area (Å²) in [7, 11) is 0. The van der Waals surface area contributed by atoms with Crippen molar-refractivity contribution in [2.24, 2.45) is 0 Å². The first-order valence-electron chi connectivity index (χ1n) is 5.25. The first-order valence-corrected chi connectivity index (χ1v) is 5.25. The molecule has 0 aliphatic carbocycles. The fourth-order valence-corrected chi connectivity index (χ4v) is 1.64. The molecular weight excluding hydrogens is 259 g/mol. The van der Waals surface area contributed by atoms with E-state index in [9.17, 15) is 18.0 Å². The van der Waals surface area contributed by atoms with Crippen LogP contribution < -0.4 is 0 Å². The predicted octanol–water partition coefficient (Wildman–Crippen LogP) is 3.47. The van der Waals surface area contributed by atoms with Gasteiger partial charge in [-0.2, -0.15) is 13.2 Å². The molecule has 3 nitrogen and oxygen atoms in total. The highest BCUT2D eigenvalue weighted by molar-refractivity contribution is 5.95. The van der Waals surface area contributed by atoms with Crippen LogP contribution in [0.2, 0.25) is 0 Å². The number of alkyl halides is 3. The average Bonchev–Trinajstić information content (AvgIpc) is 2.38. The molecule has 0 saturated carbocycles. The van der Waals surface area contributed by atoms with E-state index in [4.69, 9.17) is 5.11 Å². The van der Waals surface area contributed by atoms with Gasteiger partial charge in [-0.05, 0) is 17.2 Å². The minimum Gasteiger partial charge on any atom is -0.478 e. The number of halogens is 3. The number of hydrogen-bond donors (Lipinski definition) is 1. The molecule has 0 bridgehead atoms. The smallest absolute Gasteiger partial charge is 0.433 e. The summed E-state index contributed by atoms with van der Waals surface area (Å²) in [6, 6.07) is 8.77. The van der Waals surface area contributed by atoms with E-state index in [0.717, 1.165) is 12.3 Å². The molecule has 0 unspecified atom stereocenters. The zero-order valence-corrected chi connectivity index (χ0v) is 9.48. The summed E-state index contributed by atoms with van der Waals surface area (Å²) in [4.78, 5) is 14.2. The van der Waals surface area contributed by atoms with Crippen LogP contribution in [0.25, 0.3) is 11.1 Å². The molecule has 0 radical (unpaired) electrons. The molecule has 0 aliphatic rings. The van der Waals surface area contributed by atoms with E-state index in [1.165, 1.54) is 0 Å². The van der Waals surface area contributed by atoms with Crippen LogP contribution in [0, 0.1) is 0 Å². The van der Waals surface area contributed by atoms with Crippen molar-refractivity contribution < 1.29 is 23.1 Å². The Balaban J connectivity index is 2.65. The normalized spacial score (nSPS) is 11.3. The van der Waals surface area contributed by atoms with Crippen molar-refractivity contribution in [1.82, 2.24) is 4.98 Å². The molecule has 1 aromatic carbocycles. The van der Waals surface area contributed by atoms with E-state index in [1.54, 1.807) is 30.3 Å². The van der Waals surface area contributed by atoms with Gasteiger partial charge in [0.1, 0.15) is 5.69 Å². The van der Waals surface area contributed by atoms with E-state index in [-0.39, 0.29) is 11.1 Å². The maximum atomic E-state index is 12.6. The molecule has 0 spiro atoms. The van der Waals surface area contributed by atoms with Crippen molar-refractivity contribution in [2.45, 2.75) is 6.18 Å². The van der Waals surface area contributed by atoms with Crippen molar-refractivity contribution in [1.29, 1.82) is 0 Å². The van der Waals surface area contributed by atoms with E-state index < -0.39 is 17.8 Å². The maximum Gasteiger partial charge on any atom is 0.433 e. The Kier molecular flexibility index (Phi) is 3.25. The summed E-state index contributed by atoms with van der Waals surface area (Å²) in [6.45, 7) is 0. The predicted molar refractivity (Wildman–Crippen MR) is 61.6 cm³/mol. The molecule has 2 rings (SSSR count). The summed E-state index contributed by atoms with van der Waals surface area (Å²) in [5.41, 5.74) is -0.987. The second-order valence-corrected chi connectivity index (χ2v) is 3.78. The number of aromatic nitrogens is 1. The second-order valence-electron chi connectivity index (χ2n) is 3.78. The lowest BCUT2D eigenvalue weighted by molar-refractivity contribution is -0.141. The van der Waals surface area contributed by atoms with Crippen LogP contribution in [0.1, 0.15) is 16.1 Å². The van der Waals surface area contributed by atoms with Crippen LogP contribution in [-0.2, 0) is 6.18 Å². The van der Waals surface area contributed by atoms with Gasteiger partial charge in [-0.15, -0.1) is 0 Å². The molecule has 1 aromatic heterocycles. The van der Waals surface area contributed by atoms with Crippen LogP contribution >= 0.6 is 0 Å². The summed E-state index contributed by atoms with van der Waals surface area (Å²) in [5.74, 6) is -1.32. The number of rotatable bonds is 2. The topological polar surface area (TPSA) is 50.2 Å². The molecule has 0 amide bonds. The standard InChI is InChI=1S/C13H8F3NO2/c14-13(15,16)11-6-9(8-4-2-1-3-5-8)10(7-17-11)12(18)19/h1-7H,(H,18,19). The van der Waals surface area contributed by atoms with Crippen LogP contribution in [0.3, 0.4) is 0 Å². The highest BCUT2D eigenvalue weighted by Crippen LogP contribution is 2.32. The molecule has 98 valence electrons. The molecule has 1 N–H and O–H groups in total. The Morgan fingerprint density at radius 3 is 2.32 bits per heavy atom. The van der Waals surface area contributed by atoms with Gasteiger partial charge in [0.05, 0.1) is 5.56 Å². The Morgan fingerprint density at radius 2 is 1.79 bits per heavy atom. The summed E-state index contributed by atoms with van der Waals surface area (Å²) in [6.07, 6.45) is -3.88. The number of pyridine rings is 1. The second kappa shape index (κ2) is 4.72. The van der Waals surface area contributed by atoms with Gasteiger partial charge in [0.15, 0.2) is 0 Å². The van der Waals surface area contributed by atoms with Crippen molar-refractivity contribution in [3.63, 3.8) is 0 Å². The highest BCUT2D eigenvalue weighted by atomic mass is 19.4. The van der Waals surface area contributed by atoms with E-state index in [0.29, 0.717) is 5.56 Å². The third-order valence-corrected chi connectivity index (χ3v) is 2.51. The fourth-order valence-electron chi connectivity index (χ4n) is 1.64. The summed E-state index contributed by atoms with van der Waals surface area (Å²) in [5, 5.41) is 9.00. The van der Waals surface area contributed by atoms with Gasteiger partial charge in [-0.25, -0.2) is 4.79 Å². The number of hydrogen-bond acceptors (Lipinski definition) is 2. The zero-order chi connectivity index (χ0) is 14.0. The number of carboxylic acid groups (broad SMARTS) is 1. The molecule has 19 heavy (non-hydrogen) atoms. The average molecular weight is 267 g/mol. The van der Waals surface area contributed by atoms with Crippen LogP contribution in [0.4, 0.5) is 13.2 Å². The molecule has 0 saturated heterocycles. The summed E-state index contributed by atoms with van der Waals surface area (Å²) >= 11 is 0. The first kappa shape index (κ1) is 13.1. The summed E-state index contributed by atoms with van der Waals surface area (Å²) < 4.78 is 37.8. The van der Waals surface area contributed by atoms with Gasteiger partial charge in [0, 0.05) is 6.20 Å². The maximum absolute atomic E-state index is 12.6. The Bertz CT molecular complexity index is 609. The minimum atomic E-state index is -4.61. The zero-order valence-electron chi connectivity index (χ0n) is 9.48. The lowest BCUT2D eigenvalue weighted by atomic mass is 10.0. The van der Waals surface area contributed by atoms with Gasteiger partial charge < -0.3 is 5.11 Å². The number of aromatic carboxylic acids is 1. The van der Waals surface area contributed by atoms with Gasteiger partial charge in [0.2, 0.25) is 0 Å². The minimum absolute atomic E-state index is 0.00424. The highest BCUT2D eigenvalue weighted by Gasteiger charge is 2.33. The first-order chi connectivity index (χ1) is 8.89. The lowest BCUT2D eigenvalue weighted by Crippen LogP contribution is -2.10. The molecular formula is C13H8F3NO2. The number of carbonyl (C=O) groups is 1. The quantitative estimate of drug-likeness (QED) is 0.906. The Hall–Kier alpha value is -2.37. The van der Waals surface area contributed by atoms with Crippen LogP contribution in [0.15, 0.2) is 42.6 Å². The molecule has 0 aliphatic heterocycles. The third kappa shape index (κ3) is 2.73. The number of carboxylic acids is 1. The Labute approximate surface area is 106 Å². The van der Waals surface area contributed by atoms with Crippen molar-refractivity contribution in [3.8, 4) is 11.1 Å². The van der Waals surface area contributed by atoms with Crippen molar-refractivity contribution in [3.05, 3.63) is 53.9 Å². The molecule has 2 aromatic rings. The molecule has 0 fully saturated rings. The van der Waals surface area contributed by atoms with Gasteiger partial charge in [-0.3, -0.25) is 4.98 Å².